The number of rotatable bonds is 8. The third kappa shape index (κ3) is 5.27. The van der Waals surface area contributed by atoms with Gasteiger partial charge in [0, 0.05) is 37.5 Å². The van der Waals surface area contributed by atoms with Gasteiger partial charge in [0.25, 0.3) is 0 Å². The third-order valence-electron chi connectivity index (χ3n) is 6.10. The summed E-state index contributed by atoms with van der Waals surface area (Å²) in [5, 5.41) is 8.47. The Morgan fingerprint density at radius 2 is 1.94 bits per heavy atom. The van der Waals surface area contributed by atoms with Gasteiger partial charge in [-0.15, -0.1) is 0 Å². The fourth-order valence-corrected chi connectivity index (χ4v) is 4.39. The lowest BCUT2D eigenvalue weighted by Gasteiger charge is -2.41. The molecule has 0 spiro atoms. The van der Waals surface area contributed by atoms with Crippen LogP contribution in [0, 0.1) is 12.7 Å². The summed E-state index contributed by atoms with van der Waals surface area (Å²) in [6, 6.07) is 7.97. The second-order valence-electron chi connectivity index (χ2n) is 8.86. The highest BCUT2D eigenvalue weighted by Gasteiger charge is 2.30. The zero-order chi connectivity index (χ0) is 24.4. The maximum Gasteiger partial charge on any atom is 0.351 e. The summed E-state index contributed by atoms with van der Waals surface area (Å²) < 4.78 is 38.3. The van der Waals surface area contributed by atoms with E-state index in [1.54, 1.807) is 43.0 Å². The van der Waals surface area contributed by atoms with E-state index in [0.29, 0.717) is 24.7 Å². The summed E-state index contributed by atoms with van der Waals surface area (Å²) in [6.07, 6.45) is 1.70. The molecule has 1 aliphatic heterocycles. The van der Waals surface area contributed by atoms with Gasteiger partial charge in [-0.25, -0.2) is 22.8 Å². The molecule has 3 atom stereocenters. The Hall–Kier alpha value is -3.27. The minimum Gasteiger partial charge on any atom is -0.373 e. The lowest BCUT2D eigenvalue weighted by molar-refractivity contribution is -0.00759. The maximum atomic E-state index is 15.1. The Morgan fingerprint density at radius 1 is 1.21 bits per heavy atom. The molecule has 8 nitrogen and oxygen atoms in total. The number of likely N-dealkylation sites (tertiary alicyclic amines) is 1. The van der Waals surface area contributed by atoms with Crippen LogP contribution in [0.15, 0.2) is 53.6 Å². The molecular formula is C24H30F2N6O2. The van der Waals surface area contributed by atoms with Gasteiger partial charge in [-0.2, -0.15) is 10.2 Å². The summed E-state index contributed by atoms with van der Waals surface area (Å²) in [4.78, 5) is 14.7. The van der Waals surface area contributed by atoms with E-state index in [4.69, 9.17) is 4.74 Å². The first-order valence-corrected chi connectivity index (χ1v) is 11.3. The van der Waals surface area contributed by atoms with Gasteiger partial charge in [-0.1, -0.05) is 18.7 Å². The summed E-state index contributed by atoms with van der Waals surface area (Å²) >= 11 is 0. The number of aryl methyl sites for hydroxylation is 2. The van der Waals surface area contributed by atoms with Crippen molar-refractivity contribution in [1.29, 1.82) is 0 Å². The normalized spacial score (nSPS) is 19.6. The minimum atomic E-state index is -1.31. The lowest BCUT2D eigenvalue weighted by Crippen LogP contribution is -2.45. The average molecular weight is 473 g/mol. The molecule has 3 heterocycles. The number of nitrogens with zero attached hydrogens (tertiary/aromatic N) is 6. The van der Waals surface area contributed by atoms with Gasteiger partial charge in [0.05, 0.1) is 25.8 Å². The minimum absolute atomic E-state index is 0.0299. The number of hydrogen-bond donors (Lipinski definition) is 0. The second kappa shape index (κ2) is 9.92. The summed E-state index contributed by atoms with van der Waals surface area (Å²) in [6.45, 7) is 8.19. The fraction of sp³-hybridized carbons (Fsp3) is 0.458. The molecule has 1 aromatic carbocycles. The molecule has 0 bridgehead atoms. The molecule has 0 aliphatic carbocycles. The van der Waals surface area contributed by atoms with Crippen LogP contribution in [0.5, 0.6) is 0 Å². The Labute approximate surface area is 197 Å². The van der Waals surface area contributed by atoms with E-state index in [9.17, 15) is 9.18 Å². The highest BCUT2D eigenvalue weighted by Crippen LogP contribution is 2.28. The monoisotopic (exact) mass is 472 g/mol. The Kier molecular flexibility index (Phi) is 6.97. The maximum absolute atomic E-state index is 15.1. The molecule has 2 aromatic heterocycles. The summed E-state index contributed by atoms with van der Waals surface area (Å²) in [7, 11) is 1.76. The van der Waals surface area contributed by atoms with E-state index in [1.807, 2.05) is 11.8 Å². The van der Waals surface area contributed by atoms with Crippen molar-refractivity contribution < 1.29 is 13.5 Å². The van der Waals surface area contributed by atoms with E-state index in [0.717, 1.165) is 22.4 Å². The standard InChI is InChI=1S/C24H30F2N6O2/c1-16-11-22(34-15-19-5-7-20(25)8-6-19)12-17(2)30(16)13-21(26)14-31-24(33)32(18(3)27-31)23-9-10-29(4)28-23/h5-10,17,21-22H,1,11-15H2,2-4H3/t17?,21-,22?/m0/s1. The largest absolute Gasteiger partial charge is 0.373 e. The number of halogens is 2. The number of piperidine rings is 1. The van der Waals surface area contributed by atoms with Gasteiger partial charge in [-0.05, 0) is 38.0 Å². The molecule has 34 heavy (non-hydrogen) atoms. The molecule has 0 N–H and O–H groups in total. The number of ether oxygens (including phenoxy) is 1. The van der Waals surface area contributed by atoms with Crippen molar-refractivity contribution in [1.82, 2.24) is 29.0 Å². The molecule has 0 radical (unpaired) electrons. The van der Waals surface area contributed by atoms with Crippen LogP contribution in [-0.4, -0.2) is 53.9 Å². The van der Waals surface area contributed by atoms with Gasteiger partial charge in [0.1, 0.15) is 17.8 Å². The highest BCUT2D eigenvalue weighted by molar-refractivity contribution is 5.21. The predicted molar refractivity (Wildman–Crippen MR) is 124 cm³/mol. The van der Waals surface area contributed by atoms with Crippen molar-refractivity contribution in [2.45, 2.75) is 58.2 Å². The first-order chi connectivity index (χ1) is 16.2. The van der Waals surface area contributed by atoms with Gasteiger partial charge in [0.15, 0.2) is 5.82 Å². The molecule has 1 aliphatic rings. The van der Waals surface area contributed by atoms with Gasteiger partial charge in [0.2, 0.25) is 0 Å². The van der Waals surface area contributed by atoms with Gasteiger partial charge < -0.3 is 9.64 Å². The van der Waals surface area contributed by atoms with Crippen LogP contribution in [-0.2, 0) is 24.9 Å². The fourth-order valence-electron chi connectivity index (χ4n) is 4.39. The van der Waals surface area contributed by atoms with Crippen LogP contribution in [0.3, 0.4) is 0 Å². The number of aromatic nitrogens is 5. The molecule has 3 aromatic rings. The summed E-state index contributed by atoms with van der Waals surface area (Å²) in [5.41, 5.74) is 1.28. The molecular weight excluding hydrogens is 442 g/mol. The van der Waals surface area contributed by atoms with Crippen molar-refractivity contribution in [3.63, 3.8) is 0 Å². The molecule has 1 saturated heterocycles. The van der Waals surface area contributed by atoms with Crippen LogP contribution in [0.4, 0.5) is 8.78 Å². The van der Waals surface area contributed by atoms with E-state index in [-0.39, 0.29) is 31.1 Å². The van der Waals surface area contributed by atoms with Crippen LogP contribution >= 0.6 is 0 Å². The van der Waals surface area contributed by atoms with Crippen LogP contribution in [0.2, 0.25) is 0 Å². The highest BCUT2D eigenvalue weighted by atomic mass is 19.1. The van der Waals surface area contributed by atoms with Crippen LogP contribution in [0.25, 0.3) is 5.82 Å². The quantitative estimate of drug-likeness (QED) is 0.504. The zero-order valence-electron chi connectivity index (χ0n) is 19.7. The Bertz CT molecular complexity index is 1200. The number of hydrogen-bond acceptors (Lipinski definition) is 5. The first kappa shape index (κ1) is 23.9. The Balaban J connectivity index is 1.34. The van der Waals surface area contributed by atoms with Crippen LogP contribution < -0.4 is 5.69 Å². The topological polar surface area (TPSA) is 70.1 Å². The SMILES string of the molecule is C=C1CC(OCc2ccc(F)cc2)CC(C)N1C[C@H](F)Cn1nc(C)n(-c2ccn(C)n2)c1=O. The molecule has 0 saturated carbocycles. The number of benzene rings is 1. The molecule has 4 rings (SSSR count). The molecule has 182 valence electrons. The van der Waals surface area contributed by atoms with Gasteiger partial charge >= 0.3 is 5.69 Å². The average Bonchev–Trinajstić information content (AvgIpc) is 3.32. The smallest absolute Gasteiger partial charge is 0.351 e. The van der Waals surface area contributed by atoms with Gasteiger partial charge in [-0.3, -0.25) is 4.68 Å². The summed E-state index contributed by atoms with van der Waals surface area (Å²) in [5.74, 6) is 0.630. The van der Waals surface area contributed by atoms with E-state index >= 15 is 4.39 Å². The number of alkyl halides is 1. The first-order valence-electron chi connectivity index (χ1n) is 11.3. The molecule has 2 unspecified atom stereocenters. The van der Waals surface area contributed by atoms with Crippen molar-refractivity contribution in [2.24, 2.45) is 7.05 Å². The molecule has 10 heteroatoms. The molecule has 0 amide bonds. The molecule has 1 fully saturated rings. The van der Waals surface area contributed by atoms with E-state index in [2.05, 4.69) is 16.8 Å². The Morgan fingerprint density at radius 3 is 2.59 bits per heavy atom. The van der Waals surface area contributed by atoms with Crippen molar-refractivity contribution in [3.8, 4) is 5.82 Å². The van der Waals surface area contributed by atoms with Crippen LogP contribution in [0.1, 0.15) is 31.2 Å². The second-order valence-corrected chi connectivity index (χ2v) is 8.86. The van der Waals surface area contributed by atoms with Crippen molar-refractivity contribution in [3.05, 3.63) is 76.5 Å². The van der Waals surface area contributed by atoms with Crippen molar-refractivity contribution >= 4 is 0 Å². The van der Waals surface area contributed by atoms with E-state index in [1.165, 1.54) is 16.7 Å². The lowest BCUT2D eigenvalue weighted by atomic mass is 9.97. The van der Waals surface area contributed by atoms with Crippen molar-refractivity contribution in [2.75, 3.05) is 6.54 Å². The van der Waals surface area contributed by atoms with E-state index < -0.39 is 11.9 Å². The predicted octanol–water partition coefficient (Wildman–Crippen LogP) is 3.14. The third-order valence-corrected chi connectivity index (χ3v) is 6.10. The zero-order valence-corrected chi connectivity index (χ0v) is 19.7.